The van der Waals surface area contributed by atoms with Crippen molar-refractivity contribution in [1.29, 1.82) is 0 Å². The van der Waals surface area contributed by atoms with Crippen LogP contribution in [0, 0.1) is 6.61 Å². The normalized spacial score (nSPS) is 20.6. The van der Waals surface area contributed by atoms with Crippen molar-refractivity contribution < 1.29 is 4.74 Å². The molecule has 0 aliphatic carbocycles. The summed E-state index contributed by atoms with van der Waals surface area (Å²) in [5, 5.41) is 3.10. The van der Waals surface area contributed by atoms with E-state index in [4.69, 9.17) is 4.74 Å². The molecule has 0 atom stereocenters. The number of morpholine rings is 1. The Hall–Kier alpha value is 0.270. The van der Waals surface area contributed by atoms with Gasteiger partial charge in [-0.2, -0.15) is 13.5 Å². The van der Waals surface area contributed by atoms with Crippen molar-refractivity contribution in [2.45, 2.75) is 0 Å². The molecule has 0 saturated carbocycles. The van der Waals surface area contributed by atoms with Crippen molar-refractivity contribution in [2.24, 2.45) is 0 Å². The first-order valence-electron chi connectivity index (χ1n) is 2.14. The summed E-state index contributed by atoms with van der Waals surface area (Å²) in [6.45, 7) is 4.51. The highest BCUT2D eigenvalue weighted by Gasteiger charge is 1.93. The number of rotatable bonds is 0. The smallest absolute Gasteiger partial charge is 0.0973 e. The molecule has 3 heteroatoms. The molecule has 0 amide bonds. The Morgan fingerprint density at radius 3 is 2.57 bits per heavy atom. The number of hydrogen-bond donors (Lipinski definition) is 1. The van der Waals surface area contributed by atoms with Crippen molar-refractivity contribution in [1.82, 2.24) is 5.32 Å². The van der Waals surface area contributed by atoms with E-state index in [-0.39, 0.29) is 13.5 Å². The topological polar surface area (TPSA) is 21.3 Å². The van der Waals surface area contributed by atoms with Crippen LogP contribution in [0.5, 0.6) is 0 Å². The fraction of sp³-hybridized carbons (Fsp3) is 0.750. The predicted octanol–water partition coefficient (Wildman–Crippen LogP) is -0.119. The molecular weight excluding hydrogens is 110 g/mol. The summed E-state index contributed by atoms with van der Waals surface area (Å²) >= 11 is 0. The van der Waals surface area contributed by atoms with E-state index in [1.54, 1.807) is 6.61 Å². The summed E-state index contributed by atoms with van der Waals surface area (Å²) in [6.07, 6.45) is 0. The van der Waals surface area contributed by atoms with Gasteiger partial charge in [0.15, 0.2) is 0 Å². The van der Waals surface area contributed by atoms with Crippen LogP contribution in [0.1, 0.15) is 0 Å². The van der Waals surface area contributed by atoms with Crippen LogP contribution < -0.4 is 5.32 Å². The fourth-order valence-corrected chi connectivity index (χ4v) is 0.434. The molecule has 1 rings (SSSR count). The second-order valence-corrected chi connectivity index (χ2v) is 1.24. The largest absolute Gasteiger partial charge is 0.373 e. The second-order valence-electron chi connectivity index (χ2n) is 1.24. The van der Waals surface area contributed by atoms with Crippen LogP contribution in [0.4, 0.5) is 0 Å². The van der Waals surface area contributed by atoms with Gasteiger partial charge in [0.2, 0.25) is 0 Å². The van der Waals surface area contributed by atoms with Gasteiger partial charge >= 0.3 is 0 Å². The minimum Gasteiger partial charge on any atom is -0.373 e. The molecule has 0 aromatic heterocycles. The van der Waals surface area contributed by atoms with E-state index in [1.165, 1.54) is 0 Å². The third-order valence-corrected chi connectivity index (χ3v) is 0.742. The molecule has 7 heavy (non-hydrogen) atoms. The highest BCUT2D eigenvalue weighted by atomic mass is 32.1. The Bertz CT molecular complexity index is 27.2. The van der Waals surface area contributed by atoms with E-state index in [0.717, 1.165) is 19.7 Å². The van der Waals surface area contributed by atoms with E-state index in [1.807, 2.05) is 0 Å². The van der Waals surface area contributed by atoms with Gasteiger partial charge in [0.05, 0.1) is 13.2 Å². The van der Waals surface area contributed by atoms with Crippen molar-refractivity contribution in [2.75, 3.05) is 19.7 Å². The van der Waals surface area contributed by atoms with Crippen LogP contribution in [-0.2, 0) is 4.74 Å². The summed E-state index contributed by atoms with van der Waals surface area (Å²) in [7, 11) is 0. The molecule has 1 aliphatic rings. The van der Waals surface area contributed by atoms with E-state index in [2.05, 4.69) is 5.32 Å². The van der Waals surface area contributed by atoms with E-state index in [0.29, 0.717) is 0 Å². The Balaban J connectivity index is 0.000000360. The first-order chi connectivity index (χ1) is 3.00. The molecule has 0 spiro atoms. The van der Waals surface area contributed by atoms with Gasteiger partial charge in [0.25, 0.3) is 0 Å². The predicted molar refractivity (Wildman–Crippen MR) is 33.5 cm³/mol. The van der Waals surface area contributed by atoms with Gasteiger partial charge in [0.1, 0.15) is 0 Å². The van der Waals surface area contributed by atoms with Crippen LogP contribution in [-0.4, -0.2) is 19.7 Å². The third kappa shape index (κ3) is 2.91. The van der Waals surface area contributed by atoms with Crippen LogP contribution in [0.3, 0.4) is 0 Å². The Morgan fingerprint density at radius 2 is 2.43 bits per heavy atom. The lowest BCUT2D eigenvalue weighted by molar-refractivity contribution is 0.167. The maximum atomic E-state index is 4.88. The first kappa shape index (κ1) is 7.27. The van der Waals surface area contributed by atoms with Crippen LogP contribution in [0.15, 0.2) is 0 Å². The minimum atomic E-state index is 0. The van der Waals surface area contributed by atoms with Crippen molar-refractivity contribution >= 4 is 13.5 Å². The number of ether oxygens (including phenoxy) is 1. The molecule has 1 N–H and O–H groups in total. The number of nitrogens with one attached hydrogen (secondary N) is 1. The fourth-order valence-electron chi connectivity index (χ4n) is 0.434. The van der Waals surface area contributed by atoms with Crippen LogP contribution in [0.2, 0.25) is 0 Å². The van der Waals surface area contributed by atoms with Crippen molar-refractivity contribution in [3.8, 4) is 0 Å². The molecule has 1 heterocycles. The van der Waals surface area contributed by atoms with Crippen LogP contribution >= 0.6 is 13.5 Å². The van der Waals surface area contributed by atoms with Gasteiger partial charge in [0, 0.05) is 13.1 Å². The average molecular weight is 120 g/mol. The molecule has 2 nitrogen and oxygen atoms in total. The molecule has 0 aromatic carbocycles. The Kier molecular flexibility index (Phi) is 4.60. The molecule has 0 unspecified atom stereocenters. The average Bonchev–Trinajstić information content (AvgIpc) is 1.72. The quantitative estimate of drug-likeness (QED) is 0.481. The maximum Gasteiger partial charge on any atom is 0.0973 e. The van der Waals surface area contributed by atoms with Gasteiger partial charge < -0.3 is 10.1 Å². The molecule has 0 bridgehead atoms. The molecule has 1 aliphatic heterocycles. The molecule has 1 saturated heterocycles. The zero-order valence-electron chi connectivity index (χ0n) is 4.11. The number of hydrogen-bond acceptors (Lipinski definition) is 2. The molecule has 43 valence electrons. The van der Waals surface area contributed by atoms with Gasteiger partial charge in [-0.1, -0.05) is 0 Å². The summed E-state index contributed by atoms with van der Waals surface area (Å²) in [5.41, 5.74) is 0. The Morgan fingerprint density at radius 1 is 1.57 bits per heavy atom. The maximum absolute atomic E-state index is 4.88. The molecule has 0 aromatic rings. The summed E-state index contributed by atoms with van der Waals surface area (Å²) in [6, 6.07) is 0. The lowest BCUT2D eigenvalue weighted by atomic mass is 10.5. The lowest BCUT2D eigenvalue weighted by Crippen LogP contribution is -2.27. The lowest BCUT2D eigenvalue weighted by Gasteiger charge is -2.09. The summed E-state index contributed by atoms with van der Waals surface area (Å²) in [4.78, 5) is 0. The van der Waals surface area contributed by atoms with Crippen LogP contribution in [0.25, 0.3) is 0 Å². The standard InChI is InChI=1S/C4H8NO.H2S/c1-3-6-4-2-5-1;/h3,5H,1-2,4H2;1H2. The highest BCUT2D eigenvalue weighted by molar-refractivity contribution is 7.59. The monoisotopic (exact) mass is 120 g/mol. The first-order valence-corrected chi connectivity index (χ1v) is 2.14. The van der Waals surface area contributed by atoms with Gasteiger partial charge in [-0.3, -0.25) is 0 Å². The van der Waals surface area contributed by atoms with E-state index in [9.17, 15) is 0 Å². The van der Waals surface area contributed by atoms with Gasteiger partial charge in [-0.05, 0) is 0 Å². The zero-order valence-corrected chi connectivity index (χ0v) is 5.11. The molecule has 1 radical (unpaired) electrons. The second kappa shape index (κ2) is 4.43. The Labute approximate surface area is 50.7 Å². The highest BCUT2D eigenvalue weighted by Crippen LogP contribution is 1.82. The molecular formula is C4H10NOS. The summed E-state index contributed by atoms with van der Waals surface area (Å²) in [5.74, 6) is 0. The zero-order chi connectivity index (χ0) is 4.24. The van der Waals surface area contributed by atoms with E-state index >= 15 is 0 Å². The third-order valence-electron chi connectivity index (χ3n) is 0.742. The SMILES string of the molecule is S.[CH]1CNCCO1. The van der Waals surface area contributed by atoms with Gasteiger partial charge in [-0.25, -0.2) is 0 Å². The van der Waals surface area contributed by atoms with Crippen molar-refractivity contribution in [3.63, 3.8) is 0 Å². The van der Waals surface area contributed by atoms with Gasteiger partial charge in [-0.15, -0.1) is 0 Å². The summed E-state index contributed by atoms with van der Waals surface area (Å²) < 4.78 is 4.88. The van der Waals surface area contributed by atoms with Crippen molar-refractivity contribution in [3.05, 3.63) is 6.61 Å². The molecule has 1 fully saturated rings. The minimum absolute atomic E-state index is 0. The van der Waals surface area contributed by atoms with E-state index < -0.39 is 0 Å².